The molecule has 0 aromatic rings. The monoisotopic (exact) mass is 210 g/mol. The molecule has 12 N–H and O–H groups in total. The van der Waals surface area contributed by atoms with Gasteiger partial charge in [0.1, 0.15) is 0 Å². The summed E-state index contributed by atoms with van der Waals surface area (Å²) in [5.74, 6) is 0. The van der Waals surface area contributed by atoms with Gasteiger partial charge in [0.25, 0.3) is 0 Å². The van der Waals surface area contributed by atoms with Crippen molar-refractivity contribution in [2.45, 2.75) is 0 Å². The van der Waals surface area contributed by atoms with Crippen LogP contribution in [0.15, 0.2) is 0 Å². The molecule has 0 rings (SSSR count). The Bertz CT molecular complexity index is 4.14. The molecule has 0 fully saturated rings. The van der Waals surface area contributed by atoms with Crippen molar-refractivity contribution in [1.29, 1.82) is 0 Å². The summed E-state index contributed by atoms with van der Waals surface area (Å²) in [5, 5.41) is 0. The van der Waals surface area contributed by atoms with Crippen LogP contribution >= 0.6 is 0 Å². The van der Waals surface area contributed by atoms with Crippen molar-refractivity contribution in [3.8, 4) is 0 Å². The Labute approximate surface area is 53.1 Å². The summed E-state index contributed by atoms with van der Waals surface area (Å²) in [7, 11) is 0. The van der Waals surface area contributed by atoms with E-state index < -0.39 is 0 Å². The average Bonchev–Trinajstić information content (AvgIpc) is 0. The van der Waals surface area contributed by atoms with Crippen LogP contribution in [-0.2, 0) is 19.5 Å². The smallest absolute Gasteiger partial charge is 0.412 e. The van der Waals surface area contributed by atoms with Gasteiger partial charge in [-0.15, -0.1) is 0 Å². The maximum absolute atomic E-state index is 0. The van der Waals surface area contributed by atoms with Crippen LogP contribution in [0.3, 0.4) is 0 Å². The first-order chi connectivity index (χ1) is 0. The molecule has 0 heterocycles. The second-order valence-corrected chi connectivity index (χ2v) is 0. The van der Waals surface area contributed by atoms with Gasteiger partial charge in [0, 0.05) is 0 Å². The van der Waals surface area contributed by atoms with Crippen LogP contribution in [0.2, 0.25) is 0 Å². The van der Waals surface area contributed by atoms with Crippen molar-refractivity contribution in [2.24, 2.45) is 0 Å². The third-order valence-corrected chi connectivity index (χ3v) is 0. The number of hydrogen-bond acceptors (Lipinski definition) is 0. The van der Waals surface area contributed by atoms with E-state index in [1.165, 1.54) is 0 Å². The van der Waals surface area contributed by atoms with E-state index in [1.54, 1.807) is 0 Å². The minimum Gasteiger partial charge on any atom is -0.412 e. The second kappa shape index (κ2) is 1260. The molecule has 0 saturated carbocycles. The minimum atomic E-state index is 0. The third kappa shape index (κ3) is 834. The SMILES string of the molecule is O.O.O.O.O.O.[Ru+2]. The van der Waals surface area contributed by atoms with Gasteiger partial charge in [0.05, 0.1) is 0 Å². The van der Waals surface area contributed by atoms with Crippen molar-refractivity contribution in [2.75, 3.05) is 0 Å². The van der Waals surface area contributed by atoms with Gasteiger partial charge < -0.3 is 32.9 Å². The van der Waals surface area contributed by atoms with Gasteiger partial charge >= 0.3 is 19.5 Å². The van der Waals surface area contributed by atoms with E-state index in [0.29, 0.717) is 0 Å². The summed E-state index contributed by atoms with van der Waals surface area (Å²) >= 11 is 0. The Morgan fingerprint density at radius 2 is 0.286 bits per heavy atom. The largest absolute Gasteiger partial charge is 2.00 e. The van der Waals surface area contributed by atoms with Gasteiger partial charge in [-0.1, -0.05) is 0 Å². The fourth-order valence-corrected chi connectivity index (χ4v) is 0. The summed E-state index contributed by atoms with van der Waals surface area (Å²) in [6, 6.07) is 0. The van der Waals surface area contributed by atoms with Crippen LogP contribution in [0.1, 0.15) is 0 Å². The molecule has 0 aliphatic carbocycles. The first kappa shape index (κ1) is 2050. The Balaban J connectivity index is 0. The van der Waals surface area contributed by atoms with Gasteiger partial charge in [-0.3, -0.25) is 0 Å². The van der Waals surface area contributed by atoms with E-state index in [0.717, 1.165) is 0 Å². The number of hydrogen-bond donors (Lipinski definition) is 0. The van der Waals surface area contributed by atoms with Gasteiger partial charge in [-0.25, -0.2) is 0 Å². The zero-order valence-corrected chi connectivity index (χ0v) is 5.09. The number of rotatable bonds is 0. The van der Waals surface area contributed by atoms with Gasteiger partial charge in [-0.2, -0.15) is 0 Å². The molecule has 0 unspecified atom stereocenters. The van der Waals surface area contributed by atoms with Crippen molar-refractivity contribution >= 4 is 0 Å². The average molecular weight is 209 g/mol. The molecular formula is H12O6Ru+2. The van der Waals surface area contributed by atoms with E-state index in [4.69, 9.17) is 0 Å². The first-order valence-corrected chi connectivity index (χ1v) is 0. The predicted octanol–water partition coefficient (Wildman–Crippen LogP) is -4.95. The normalized spacial score (nSPS) is 0. The standard InChI is InChI=1S/6H2O.Ru/h6*1H2;/q;;;;;;+2. The molecule has 0 amide bonds. The minimum absolute atomic E-state index is 0. The van der Waals surface area contributed by atoms with E-state index in [9.17, 15) is 0 Å². The molecule has 54 valence electrons. The quantitative estimate of drug-likeness (QED) is 0.345. The second-order valence-electron chi connectivity index (χ2n) is 0. The topological polar surface area (TPSA) is 189 Å². The molecule has 0 bridgehead atoms. The molecule has 7 heavy (non-hydrogen) atoms. The molecule has 6 nitrogen and oxygen atoms in total. The fourth-order valence-electron chi connectivity index (χ4n) is 0. The van der Waals surface area contributed by atoms with E-state index in [-0.39, 0.29) is 52.3 Å². The zero-order chi connectivity index (χ0) is 0. The van der Waals surface area contributed by atoms with Crippen LogP contribution in [0.4, 0.5) is 0 Å². The van der Waals surface area contributed by atoms with Gasteiger partial charge in [0.2, 0.25) is 0 Å². The summed E-state index contributed by atoms with van der Waals surface area (Å²) in [4.78, 5) is 0. The van der Waals surface area contributed by atoms with Crippen LogP contribution in [0, 0.1) is 0 Å². The summed E-state index contributed by atoms with van der Waals surface area (Å²) in [6.07, 6.45) is 0. The van der Waals surface area contributed by atoms with Crippen LogP contribution in [0.5, 0.6) is 0 Å². The Kier molecular flexibility index (Phi) is 368000. The molecule has 0 aliphatic heterocycles. The van der Waals surface area contributed by atoms with E-state index in [2.05, 4.69) is 0 Å². The Hall–Kier alpha value is 0.383. The maximum Gasteiger partial charge on any atom is 2.00 e. The van der Waals surface area contributed by atoms with Gasteiger partial charge in [0.15, 0.2) is 0 Å². The van der Waals surface area contributed by atoms with Crippen molar-refractivity contribution < 1.29 is 52.3 Å². The van der Waals surface area contributed by atoms with Crippen molar-refractivity contribution in [3.05, 3.63) is 0 Å². The molecule has 0 saturated heterocycles. The summed E-state index contributed by atoms with van der Waals surface area (Å²) < 4.78 is 0. The molecule has 0 radical (unpaired) electrons. The van der Waals surface area contributed by atoms with E-state index >= 15 is 0 Å². The molecule has 7 heteroatoms. The van der Waals surface area contributed by atoms with Crippen LogP contribution < -0.4 is 0 Å². The van der Waals surface area contributed by atoms with E-state index in [1.807, 2.05) is 0 Å². The molecule has 0 aromatic heterocycles. The molecular weight excluding hydrogens is 197 g/mol. The first-order valence-electron chi connectivity index (χ1n) is 0. The maximum atomic E-state index is 0. The Morgan fingerprint density at radius 1 is 0.286 bits per heavy atom. The van der Waals surface area contributed by atoms with Crippen LogP contribution in [0.25, 0.3) is 0 Å². The molecule has 0 spiro atoms. The van der Waals surface area contributed by atoms with Gasteiger partial charge in [-0.05, 0) is 0 Å². The molecule has 0 atom stereocenters. The Morgan fingerprint density at radius 3 is 0.286 bits per heavy atom. The van der Waals surface area contributed by atoms with Crippen molar-refractivity contribution in [3.63, 3.8) is 0 Å². The third-order valence-electron chi connectivity index (χ3n) is 0. The summed E-state index contributed by atoms with van der Waals surface area (Å²) in [6.45, 7) is 0. The van der Waals surface area contributed by atoms with Crippen LogP contribution in [-0.4, -0.2) is 32.9 Å². The predicted molar refractivity (Wildman–Crippen MR) is 21.7 cm³/mol. The fraction of sp³-hybridized carbons (Fsp3) is 0. The van der Waals surface area contributed by atoms with Crippen molar-refractivity contribution in [1.82, 2.24) is 0 Å². The zero-order valence-electron chi connectivity index (χ0n) is 3.35. The summed E-state index contributed by atoms with van der Waals surface area (Å²) in [5.41, 5.74) is 0. The molecule has 0 aliphatic rings. The molecule has 0 aromatic carbocycles.